The van der Waals surface area contributed by atoms with Crippen LogP contribution < -0.4 is 5.32 Å². The van der Waals surface area contributed by atoms with Crippen LogP contribution in [-0.2, 0) is 7.05 Å². The van der Waals surface area contributed by atoms with Crippen LogP contribution in [0, 0.1) is 6.92 Å². The second kappa shape index (κ2) is 6.83. The number of hydrogen-bond donors (Lipinski definition) is 2. The number of aromatic amines is 1. The van der Waals surface area contributed by atoms with Crippen molar-refractivity contribution in [2.75, 3.05) is 5.32 Å². The summed E-state index contributed by atoms with van der Waals surface area (Å²) in [6.45, 7) is 2.02. The van der Waals surface area contributed by atoms with Crippen molar-refractivity contribution in [3.8, 4) is 22.5 Å². The Morgan fingerprint density at radius 1 is 1.07 bits per heavy atom. The Morgan fingerprint density at radius 3 is 2.63 bits per heavy atom. The highest BCUT2D eigenvalue weighted by Gasteiger charge is 2.12. The Morgan fingerprint density at radius 2 is 1.89 bits per heavy atom. The largest absolute Gasteiger partial charge is 0.289 e. The second-order valence-corrected chi connectivity index (χ2v) is 6.19. The number of rotatable bonds is 4. The molecular formula is C19H17N7O. The summed E-state index contributed by atoms with van der Waals surface area (Å²) in [7, 11) is 1.84. The highest BCUT2D eigenvalue weighted by molar-refractivity contribution is 6.03. The third-order valence-corrected chi connectivity index (χ3v) is 4.07. The molecule has 0 unspecified atom stereocenters. The van der Waals surface area contributed by atoms with Gasteiger partial charge in [-0.15, -0.1) is 5.10 Å². The maximum Gasteiger partial charge on any atom is 0.259 e. The Bertz CT molecular complexity index is 1100. The number of nitrogens with one attached hydrogen (secondary N) is 2. The third kappa shape index (κ3) is 3.59. The summed E-state index contributed by atoms with van der Waals surface area (Å²) >= 11 is 0. The predicted molar refractivity (Wildman–Crippen MR) is 101 cm³/mol. The molecule has 8 heteroatoms. The zero-order valence-electron chi connectivity index (χ0n) is 14.8. The fourth-order valence-corrected chi connectivity index (χ4v) is 2.62. The lowest BCUT2D eigenvalue weighted by atomic mass is 10.1. The number of hydrogen-bond acceptors (Lipinski definition) is 5. The molecule has 1 amide bonds. The lowest BCUT2D eigenvalue weighted by Gasteiger charge is -2.03. The lowest BCUT2D eigenvalue weighted by Crippen LogP contribution is -2.13. The van der Waals surface area contributed by atoms with E-state index in [1.54, 1.807) is 23.1 Å². The van der Waals surface area contributed by atoms with Crippen molar-refractivity contribution in [1.82, 2.24) is 29.9 Å². The Balaban J connectivity index is 1.52. The highest BCUT2D eigenvalue weighted by Crippen LogP contribution is 2.19. The van der Waals surface area contributed by atoms with E-state index in [9.17, 15) is 4.79 Å². The van der Waals surface area contributed by atoms with E-state index in [0.717, 1.165) is 22.3 Å². The first kappa shape index (κ1) is 16.6. The van der Waals surface area contributed by atoms with Gasteiger partial charge in [0.05, 0.1) is 11.8 Å². The molecule has 0 bridgehead atoms. The molecule has 27 heavy (non-hydrogen) atoms. The number of nitrogens with zero attached hydrogens (tertiary/aromatic N) is 5. The zero-order chi connectivity index (χ0) is 18.8. The first-order chi connectivity index (χ1) is 13.1. The molecule has 3 aromatic heterocycles. The molecule has 0 spiro atoms. The van der Waals surface area contributed by atoms with E-state index >= 15 is 0 Å². The van der Waals surface area contributed by atoms with Crippen molar-refractivity contribution < 1.29 is 4.79 Å². The van der Waals surface area contributed by atoms with Crippen molar-refractivity contribution in [3.63, 3.8) is 0 Å². The summed E-state index contributed by atoms with van der Waals surface area (Å²) in [5, 5.41) is 13.7. The number of H-pyrrole nitrogens is 1. The Hall–Kier alpha value is -3.81. The zero-order valence-corrected chi connectivity index (χ0v) is 14.8. The van der Waals surface area contributed by atoms with Gasteiger partial charge in [-0.25, -0.2) is 0 Å². The van der Waals surface area contributed by atoms with Crippen LogP contribution in [0.5, 0.6) is 0 Å². The van der Waals surface area contributed by atoms with E-state index in [1.807, 2.05) is 44.4 Å². The van der Waals surface area contributed by atoms with Crippen LogP contribution in [0.3, 0.4) is 0 Å². The van der Waals surface area contributed by atoms with Gasteiger partial charge in [0.1, 0.15) is 0 Å². The van der Waals surface area contributed by atoms with Crippen molar-refractivity contribution in [3.05, 3.63) is 66.2 Å². The van der Waals surface area contributed by atoms with Crippen LogP contribution >= 0.6 is 0 Å². The maximum absolute atomic E-state index is 12.5. The van der Waals surface area contributed by atoms with Gasteiger partial charge in [-0.3, -0.25) is 24.9 Å². The van der Waals surface area contributed by atoms with Crippen LogP contribution in [0.15, 0.2) is 55.1 Å². The number of aryl methyl sites for hydroxylation is 2. The number of benzene rings is 1. The molecule has 134 valence electrons. The summed E-state index contributed by atoms with van der Waals surface area (Å²) in [5.74, 6) is 0.470. The molecule has 1 aromatic carbocycles. The summed E-state index contributed by atoms with van der Waals surface area (Å²) in [5.41, 5.74) is 4.17. The molecule has 0 aliphatic rings. The van der Waals surface area contributed by atoms with Crippen molar-refractivity contribution >= 4 is 11.9 Å². The quantitative estimate of drug-likeness (QED) is 0.583. The minimum absolute atomic E-state index is 0.211. The van der Waals surface area contributed by atoms with Crippen LogP contribution in [0.25, 0.3) is 22.5 Å². The van der Waals surface area contributed by atoms with Gasteiger partial charge in [0, 0.05) is 42.3 Å². The summed E-state index contributed by atoms with van der Waals surface area (Å²) in [4.78, 5) is 21.0. The van der Waals surface area contributed by atoms with Gasteiger partial charge in [0.15, 0.2) is 5.82 Å². The first-order valence-electron chi connectivity index (χ1n) is 8.33. The van der Waals surface area contributed by atoms with Crippen molar-refractivity contribution in [2.45, 2.75) is 6.92 Å². The summed E-state index contributed by atoms with van der Waals surface area (Å²) in [6.07, 6.45) is 6.78. The van der Waals surface area contributed by atoms with E-state index in [-0.39, 0.29) is 11.9 Å². The molecular weight excluding hydrogens is 342 g/mol. The lowest BCUT2D eigenvalue weighted by molar-refractivity contribution is 0.102. The Labute approximate surface area is 155 Å². The average Bonchev–Trinajstić information content (AvgIpc) is 3.32. The van der Waals surface area contributed by atoms with E-state index in [1.165, 1.54) is 6.20 Å². The number of carbonyl (C=O) groups is 1. The number of pyridine rings is 1. The molecule has 4 rings (SSSR count). The minimum Gasteiger partial charge on any atom is -0.289 e. The molecule has 0 aliphatic carbocycles. The molecule has 0 aliphatic heterocycles. The maximum atomic E-state index is 12.5. The summed E-state index contributed by atoms with van der Waals surface area (Å²) in [6, 6.07) is 9.63. The monoisotopic (exact) mass is 359 g/mol. The van der Waals surface area contributed by atoms with Crippen molar-refractivity contribution in [1.29, 1.82) is 0 Å². The van der Waals surface area contributed by atoms with Gasteiger partial charge < -0.3 is 0 Å². The van der Waals surface area contributed by atoms with Crippen LogP contribution in [0.2, 0.25) is 0 Å². The SMILES string of the molecule is Cc1ccc(-c2nc(NC(=O)c3cncc(-c4cnn(C)c4)c3)n[nH]2)cc1. The van der Waals surface area contributed by atoms with E-state index < -0.39 is 0 Å². The number of amides is 1. The molecule has 0 saturated carbocycles. The number of aromatic nitrogens is 6. The Kier molecular flexibility index (Phi) is 4.21. The molecule has 0 fully saturated rings. The molecule has 2 N–H and O–H groups in total. The third-order valence-electron chi connectivity index (χ3n) is 4.07. The van der Waals surface area contributed by atoms with Crippen LogP contribution in [0.1, 0.15) is 15.9 Å². The molecule has 0 saturated heterocycles. The van der Waals surface area contributed by atoms with E-state index in [2.05, 4.69) is 30.6 Å². The first-order valence-corrected chi connectivity index (χ1v) is 8.33. The van der Waals surface area contributed by atoms with Gasteiger partial charge >= 0.3 is 0 Å². The van der Waals surface area contributed by atoms with Gasteiger partial charge in [-0.05, 0) is 13.0 Å². The molecule has 0 radical (unpaired) electrons. The fraction of sp³-hybridized carbons (Fsp3) is 0.105. The molecule has 4 aromatic rings. The van der Waals surface area contributed by atoms with Crippen molar-refractivity contribution in [2.24, 2.45) is 7.05 Å². The average molecular weight is 359 g/mol. The van der Waals surface area contributed by atoms with Gasteiger partial charge in [-0.1, -0.05) is 29.8 Å². The summed E-state index contributed by atoms with van der Waals surface area (Å²) < 4.78 is 1.70. The molecule has 8 nitrogen and oxygen atoms in total. The van der Waals surface area contributed by atoms with Crippen LogP contribution in [-0.4, -0.2) is 35.9 Å². The van der Waals surface area contributed by atoms with Gasteiger partial charge in [0.25, 0.3) is 5.91 Å². The number of anilines is 1. The minimum atomic E-state index is -0.331. The fourth-order valence-electron chi connectivity index (χ4n) is 2.62. The topological polar surface area (TPSA) is 101 Å². The highest BCUT2D eigenvalue weighted by atomic mass is 16.1. The normalized spacial score (nSPS) is 10.7. The van der Waals surface area contributed by atoms with Crippen LogP contribution in [0.4, 0.5) is 5.95 Å². The standard InChI is InChI=1S/C19H17N7O/c1-12-3-5-13(6-4-12)17-22-19(25-24-17)23-18(27)15-7-14(8-20-9-15)16-10-21-26(2)11-16/h3-11H,1-2H3,(H2,22,23,24,25,27). The van der Waals surface area contributed by atoms with E-state index in [4.69, 9.17) is 0 Å². The number of carbonyl (C=O) groups excluding carboxylic acids is 1. The molecule has 3 heterocycles. The van der Waals surface area contributed by atoms with Gasteiger partial charge in [-0.2, -0.15) is 10.1 Å². The molecule has 0 atom stereocenters. The van der Waals surface area contributed by atoms with Gasteiger partial charge in [0.2, 0.25) is 5.95 Å². The van der Waals surface area contributed by atoms with E-state index in [0.29, 0.717) is 11.4 Å². The second-order valence-electron chi connectivity index (χ2n) is 6.19. The smallest absolute Gasteiger partial charge is 0.259 e. The predicted octanol–water partition coefficient (Wildman–Crippen LogP) is 2.83.